The van der Waals surface area contributed by atoms with E-state index < -0.39 is 15.9 Å². The SMILES string of the molecule is CC1CC(c2cccc(F)c2)N(c2ccc(NC(=O)[C@@H]3NCc4cc(S(C)(=O)=O)ccc43)cn2)C1. The van der Waals surface area contributed by atoms with Crippen molar-refractivity contribution in [1.29, 1.82) is 0 Å². The number of hydrogen-bond donors (Lipinski definition) is 2. The van der Waals surface area contributed by atoms with Gasteiger partial charge in [-0.25, -0.2) is 17.8 Å². The predicted octanol–water partition coefficient (Wildman–Crippen LogP) is 3.99. The van der Waals surface area contributed by atoms with Gasteiger partial charge in [0, 0.05) is 19.3 Å². The highest BCUT2D eigenvalue weighted by Gasteiger charge is 2.32. The quantitative estimate of drug-likeness (QED) is 0.557. The van der Waals surface area contributed by atoms with Crippen molar-refractivity contribution >= 4 is 27.2 Å². The van der Waals surface area contributed by atoms with Gasteiger partial charge >= 0.3 is 0 Å². The minimum absolute atomic E-state index is 0.0460. The van der Waals surface area contributed by atoms with Gasteiger partial charge in [-0.15, -0.1) is 0 Å². The van der Waals surface area contributed by atoms with E-state index in [2.05, 4.69) is 27.4 Å². The number of pyridine rings is 1. The number of hydrogen-bond acceptors (Lipinski definition) is 6. The van der Waals surface area contributed by atoms with Crippen LogP contribution in [0.4, 0.5) is 15.9 Å². The Morgan fingerprint density at radius 1 is 1.17 bits per heavy atom. The van der Waals surface area contributed by atoms with Gasteiger partial charge in [0.05, 0.1) is 22.8 Å². The van der Waals surface area contributed by atoms with E-state index in [4.69, 9.17) is 0 Å². The van der Waals surface area contributed by atoms with Crippen molar-refractivity contribution in [2.75, 3.05) is 23.0 Å². The van der Waals surface area contributed by atoms with Crippen LogP contribution in [0.5, 0.6) is 0 Å². The van der Waals surface area contributed by atoms with Gasteiger partial charge in [-0.05, 0) is 65.4 Å². The standard InChI is InChI=1S/C26H27FN4O3S/c1-16-10-23(17-4-3-5-19(27)11-17)31(15-16)24-9-6-20(14-28-24)30-26(32)25-22-8-7-21(35(2,33)34)12-18(22)13-29-25/h3-9,11-12,14,16,23,25,29H,10,13,15H2,1-2H3,(H,30,32)/t16?,23?,25-/m1/s1. The van der Waals surface area contributed by atoms with Crippen LogP contribution in [-0.2, 0) is 21.2 Å². The Hall–Kier alpha value is -3.30. The van der Waals surface area contributed by atoms with Crippen molar-refractivity contribution in [2.24, 2.45) is 5.92 Å². The maximum Gasteiger partial charge on any atom is 0.246 e. The van der Waals surface area contributed by atoms with E-state index in [-0.39, 0.29) is 22.7 Å². The van der Waals surface area contributed by atoms with Crippen LogP contribution in [-0.4, -0.2) is 32.1 Å². The van der Waals surface area contributed by atoms with Crippen LogP contribution in [0.2, 0.25) is 0 Å². The maximum absolute atomic E-state index is 13.8. The maximum atomic E-state index is 13.8. The number of amides is 1. The molecule has 1 saturated heterocycles. The monoisotopic (exact) mass is 494 g/mol. The first kappa shape index (κ1) is 23.4. The summed E-state index contributed by atoms with van der Waals surface area (Å²) in [4.78, 5) is 20.0. The molecule has 0 saturated carbocycles. The summed E-state index contributed by atoms with van der Waals surface area (Å²) >= 11 is 0. The molecule has 9 heteroatoms. The Morgan fingerprint density at radius 3 is 2.71 bits per heavy atom. The second-order valence-corrected chi connectivity index (χ2v) is 11.4. The van der Waals surface area contributed by atoms with Crippen LogP contribution in [0.25, 0.3) is 0 Å². The van der Waals surface area contributed by atoms with Crippen LogP contribution in [0.1, 0.15) is 42.1 Å². The number of carbonyl (C=O) groups excluding carboxylic acids is 1. The van der Waals surface area contributed by atoms with Crippen molar-refractivity contribution < 1.29 is 17.6 Å². The molecule has 0 spiro atoms. The summed E-state index contributed by atoms with van der Waals surface area (Å²) in [5.41, 5.74) is 3.06. The number of anilines is 2. The van der Waals surface area contributed by atoms with Crippen LogP contribution in [0.15, 0.2) is 65.7 Å². The lowest BCUT2D eigenvalue weighted by Gasteiger charge is -2.26. The van der Waals surface area contributed by atoms with Crippen LogP contribution in [0, 0.1) is 11.7 Å². The second kappa shape index (κ2) is 9.05. The van der Waals surface area contributed by atoms with Crippen LogP contribution >= 0.6 is 0 Å². The Kier molecular flexibility index (Phi) is 6.06. The zero-order chi connectivity index (χ0) is 24.7. The molecule has 3 heterocycles. The summed E-state index contributed by atoms with van der Waals surface area (Å²) in [5, 5.41) is 6.04. The minimum atomic E-state index is -3.31. The number of nitrogens with one attached hydrogen (secondary N) is 2. The zero-order valence-electron chi connectivity index (χ0n) is 19.5. The Balaban J connectivity index is 1.30. The largest absolute Gasteiger partial charge is 0.349 e. The molecule has 0 aliphatic carbocycles. The number of halogens is 1. The molecule has 2 N–H and O–H groups in total. The third-order valence-electron chi connectivity index (χ3n) is 6.67. The van der Waals surface area contributed by atoms with Gasteiger partial charge in [0.25, 0.3) is 0 Å². The Bertz CT molecular complexity index is 1380. The van der Waals surface area contributed by atoms with Crippen molar-refractivity contribution in [3.8, 4) is 0 Å². The van der Waals surface area contributed by atoms with Gasteiger partial charge < -0.3 is 10.2 Å². The molecule has 1 fully saturated rings. The first-order valence-electron chi connectivity index (χ1n) is 11.5. The molecule has 2 aromatic carbocycles. The molecule has 3 aromatic rings. The van der Waals surface area contributed by atoms with Gasteiger partial charge in [0.2, 0.25) is 5.91 Å². The number of benzene rings is 2. The molecule has 182 valence electrons. The third-order valence-corrected chi connectivity index (χ3v) is 7.78. The lowest BCUT2D eigenvalue weighted by atomic mass is 10.0. The van der Waals surface area contributed by atoms with E-state index in [0.717, 1.165) is 35.5 Å². The Labute approximate surface area is 204 Å². The molecule has 2 aliphatic rings. The van der Waals surface area contributed by atoms with Crippen molar-refractivity contribution in [3.63, 3.8) is 0 Å². The van der Waals surface area contributed by atoms with Crippen molar-refractivity contribution in [2.45, 2.75) is 36.9 Å². The molecule has 0 bridgehead atoms. The molecule has 3 atom stereocenters. The molecule has 2 unspecified atom stereocenters. The first-order valence-corrected chi connectivity index (χ1v) is 13.4. The lowest BCUT2D eigenvalue weighted by Crippen LogP contribution is -2.28. The number of sulfone groups is 1. The van der Waals surface area contributed by atoms with Gasteiger partial charge in [-0.2, -0.15) is 0 Å². The molecule has 1 aromatic heterocycles. The van der Waals surface area contributed by atoms with E-state index in [1.807, 2.05) is 18.2 Å². The van der Waals surface area contributed by atoms with Crippen molar-refractivity contribution in [3.05, 3.63) is 83.3 Å². The highest BCUT2D eigenvalue weighted by Crippen LogP contribution is 2.38. The fourth-order valence-electron chi connectivity index (χ4n) is 4.98. The molecular formula is C26H27FN4O3S. The number of rotatable bonds is 5. The fourth-order valence-corrected chi connectivity index (χ4v) is 5.65. The summed E-state index contributed by atoms with van der Waals surface area (Å²) in [6.45, 7) is 3.41. The summed E-state index contributed by atoms with van der Waals surface area (Å²) in [5.74, 6) is 0.737. The number of carbonyl (C=O) groups is 1. The first-order chi connectivity index (χ1) is 16.7. The van der Waals surface area contributed by atoms with Crippen LogP contribution in [0.3, 0.4) is 0 Å². The molecule has 7 nitrogen and oxygen atoms in total. The minimum Gasteiger partial charge on any atom is -0.349 e. The summed E-state index contributed by atoms with van der Waals surface area (Å²) < 4.78 is 37.4. The van der Waals surface area contributed by atoms with E-state index >= 15 is 0 Å². The molecule has 5 rings (SSSR count). The molecular weight excluding hydrogens is 467 g/mol. The molecule has 2 aliphatic heterocycles. The summed E-state index contributed by atoms with van der Waals surface area (Å²) in [6, 6.07) is 14.7. The average Bonchev–Trinajstić information content (AvgIpc) is 3.42. The number of fused-ring (bicyclic) bond motifs is 1. The van der Waals surface area contributed by atoms with E-state index in [0.29, 0.717) is 18.2 Å². The topological polar surface area (TPSA) is 91.4 Å². The average molecular weight is 495 g/mol. The van der Waals surface area contributed by atoms with Crippen molar-refractivity contribution in [1.82, 2.24) is 10.3 Å². The molecule has 1 amide bonds. The predicted molar refractivity (Wildman–Crippen MR) is 132 cm³/mol. The zero-order valence-corrected chi connectivity index (χ0v) is 20.3. The molecule has 0 radical (unpaired) electrons. The summed E-state index contributed by atoms with van der Waals surface area (Å²) in [6.07, 6.45) is 3.71. The van der Waals surface area contributed by atoms with Gasteiger partial charge in [0.15, 0.2) is 9.84 Å². The fraction of sp³-hybridized carbons (Fsp3) is 0.308. The number of aromatic nitrogens is 1. The lowest BCUT2D eigenvalue weighted by molar-refractivity contribution is -0.118. The van der Waals surface area contributed by atoms with E-state index in [1.165, 1.54) is 18.4 Å². The third kappa shape index (κ3) is 4.78. The van der Waals surface area contributed by atoms with Crippen LogP contribution < -0.4 is 15.5 Å². The van der Waals surface area contributed by atoms with Gasteiger partial charge in [0.1, 0.15) is 17.7 Å². The Morgan fingerprint density at radius 2 is 2.00 bits per heavy atom. The van der Waals surface area contributed by atoms with Gasteiger partial charge in [-0.3, -0.25) is 10.1 Å². The van der Waals surface area contributed by atoms with E-state index in [9.17, 15) is 17.6 Å². The highest BCUT2D eigenvalue weighted by atomic mass is 32.2. The van der Waals surface area contributed by atoms with E-state index in [1.54, 1.807) is 30.5 Å². The molecule has 35 heavy (non-hydrogen) atoms. The number of nitrogens with zero attached hydrogens (tertiary/aromatic N) is 2. The smallest absolute Gasteiger partial charge is 0.246 e. The van der Waals surface area contributed by atoms with Gasteiger partial charge in [-0.1, -0.05) is 25.1 Å². The summed E-state index contributed by atoms with van der Waals surface area (Å²) in [7, 11) is -3.31. The highest BCUT2D eigenvalue weighted by molar-refractivity contribution is 7.90. The second-order valence-electron chi connectivity index (χ2n) is 9.41. The normalized spacial score (nSPS) is 21.7.